The van der Waals surface area contributed by atoms with E-state index < -0.39 is 0 Å². The molecule has 0 atom stereocenters. The number of non-ortho nitro benzene ring substituents is 1. The first-order valence-corrected chi connectivity index (χ1v) is 6.88. The second kappa shape index (κ2) is 6.34. The number of halogens is 1. The molecule has 0 amide bonds. The second-order valence-electron chi connectivity index (χ2n) is 5.43. The molecule has 0 spiro atoms. The Morgan fingerprint density at radius 1 is 1.09 bits per heavy atom. The number of para-hydroxylation sites is 1. The van der Waals surface area contributed by atoms with Crippen LogP contribution in [0.3, 0.4) is 0 Å². The molecule has 0 unspecified atom stereocenters. The first-order chi connectivity index (χ1) is 10.1. The number of aromatic nitrogens is 1. The lowest BCUT2D eigenvalue weighted by atomic mass is 10.1. The molecule has 1 heterocycles. The average Bonchev–Trinajstić information content (AvgIpc) is 2.78. The van der Waals surface area contributed by atoms with Crippen molar-refractivity contribution in [2.75, 3.05) is 20.6 Å². The van der Waals surface area contributed by atoms with E-state index in [1.54, 1.807) is 12.1 Å². The average molecular weight is 319 g/mol. The van der Waals surface area contributed by atoms with Gasteiger partial charge in [-0.25, -0.2) is 0 Å². The fraction of sp³-hybridized carbons (Fsp3) is 0.250. The van der Waals surface area contributed by atoms with E-state index in [0.29, 0.717) is 0 Å². The Morgan fingerprint density at radius 2 is 1.77 bits per heavy atom. The van der Waals surface area contributed by atoms with Crippen LogP contribution in [0, 0.1) is 10.1 Å². The Bertz CT molecular complexity index is 827. The number of rotatable bonds is 4. The maximum atomic E-state index is 11.0. The molecular formula is C16H17ClN3O2-. The standard InChI is InChI=1S/C16H17N3O2.ClH/c1-17(2)9-10-18-15-6-4-3-5-13(15)14-11-12(19(20)21)7-8-16(14)18;/h3-8,11H,9-10H2,1-2H3;1H/p-1. The molecule has 0 N–H and O–H groups in total. The summed E-state index contributed by atoms with van der Waals surface area (Å²) in [4.78, 5) is 12.8. The van der Waals surface area contributed by atoms with Crippen LogP contribution in [0.5, 0.6) is 0 Å². The molecule has 2 aromatic carbocycles. The maximum Gasteiger partial charge on any atom is 0.270 e. The van der Waals surface area contributed by atoms with Crippen LogP contribution in [0.1, 0.15) is 0 Å². The Kier molecular flexibility index (Phi) is 4.68. The number of likely N-dealkylation sites (N-methyl/N-ethyl adjacent to an activating group) is 1. The van der Waals surface area contributed by atoms with Crippen LogP contribution in [0.2, 0.25) is 0 Å². The van der Waals surface area contributed by atoms with Crippen molar-refractivity contribution < 1.29 is 17.3 Å². The second-order valence-corrected chi connectivity index (χ2v) is 5.43. The molecule has 0 aliphatic rings. The predicted octanol–water partition coefficient (Wildman–Crippen LogP) is 0.268. The third-order valence-corrected chi connectivity index (χ3v) is 3.74. The summed E-state index contributed by atoms with van der Waals surface area (Å²) in [5, 5.41) is 13.0. The zero-order valence-corrected chi connectivity index (χ0v) is 13.2. The van der Waals surface area contributed by atoms with Crippen molar-refractivity contribution in [2.45, 2.75) is 6.54 Å². The highest BCUT2D eigenvalue weighted by atomic mass is 35.5. The van der Waals surface area contributed by atoms with Gasteiger partial charge in [-0.2, -0.15) is 0 Å². The van der Waals surface area contributed by atoms with Gasteiger partial charge in [-0.3, -0.25) is 10.1 Å². The summed E-state index contributed by atoms with van der Waals surface area (Å²) in [6.07, 6.45) is 0. The molecule has 0 radical (unpaired) electrons. The maximum absolute atomic E-state index is 11.0. The minimum absolute atomic E-state index is 0. The van der Waals surface area contributed by atoms with Gasteiger partial charge in [0.15, 0.2) is 0 Å². The Labute approximate surface area is 134 Å². The summed E-state index contributed by atoms with van der Waals surface area (Å²) >= 11 is 0. The van der Waals surface area contributed by atoms with Gasteiger partial charge in [-0.1, -0.05) is 18.2 Å². The van der Waals surface area contributed by atoms with Crippen LogP contribution in [0.4, 0.5) is 5.69 Å². The van der Waals surface area contributed by atoms with E-state index in [1.165, 1.54) is 0 Å². The van der Waals surface area contributed by atoms with E-state index in [-0.39, 0.29) is 23.0 Å². The molecule has 3 aromatic rings. The molecule has 0 aliphatic carbocycles. The number of hydrogen-bond acceptors (Lipinski definition) is 3. The third-order valence-electron chi connectivity index (χ3n) is 3.74. The van der Waals surface area contributed by atoms with Crippen molar-refractivity contribution in [2.24, 2.45) is 0 Å². The van der Waals surface area contributed by atoms with Gasteiger partial charge in [0.05, 0.1) is 4.92 Å². The summed E-state index contributed by atoms with van der Waals surface area (Å²) in [6, 6.07) is 13.2. The first kappa shape index (κ1) is 16.3. The lowest BCUT2D eigenvalue weighted by Gasteiger charge is -2.12. The van der Waals surface area contributed by atoms with Crippen molar-refractivity contribution in [1.29, 1.82) is 0 Å². The van der Waals surface area contributed by atoms with E-state index in [0.717, 1.165) is 34.9 Å². The molecule has 0 aliphatic heterocycles. The summed E-state index contributed by atoms with van der Waals surface area (Å²) in [7, 11) is 4.08. The fourth-order valence-corrected chi connectivity index (χ4v) is 2.70. The van der Waals surface area contributed by atoms with Gasteiger partial charge in [0, 0.05) is 47.0 Å². The topological polar surface area (TPSA) is 51.3 Å². The van der Waals surface area contributed by atoms with E-state index in [1.807, 2.05) is 38.4 Å². The quantitative estimate of drug-likeness (QED) is 0.512. The molecule has 116 valence electrons. The summed E-state index contributed by atoms with van der Waals surface area (Å²) in [6.45, 7) is 1.78. The molecule has 6 heteroatoms. The number of hydrogen-bond donors (Lipinski definition) is 0. The monoisotopic (exact) mass is 318 g/mol. The van der Waals surface area contributed by atoms with Crippen molar-refractivity contribution in [3.05, 3.63) is 52.6 Å². The molecule has 1 aromatic heterocycles. The molecule has 5 nitrogen and oxygen atoms in total. The van der Waals surface area contributed by atoms with Crippen LogP contribution in [0.15, 0.2) is 42.5 Å². The smallest absolute Gasteiger partial charge is 0.270 e. The lowest BCUT2D eigenvalue weighted by Crippen LogP contribution is -3.00. The first-order valence-electron chi connectivity index (χ1n) is 6.88. The molecule has 0 saturated heterocycles. The largest absolute Gasteiger partial charge is 1.00 e. The number of nitro groups is 1. The number of nitro benzene ring substituents is 1. The van der Waals surface area contributed by atoms with E-state index in [9.17, 15) is 10.1 Å². The predicted molar refractivity (Wildman–Crippen MR) is 84.7 cm³/mol. The SMILES string of the molecule is CN(C)CCn1c2ccccc2c2cc([N+](=O)[O-])ccc21.[Cl-]. The van der Waals surface area contributed by atoms with Gasteiger partial charge < -0.3 is 21.9 Å². The molecule has 22 heavy (non-hydrogen) atoms. The number of fused-ring (bicyclic) bond motifs is 3. The van der Waals surface area contributed by atoms with Crippen LogP contribution in [-0.2, 0) is 6.54 Å². The molecule has 3 rings (SSSR count). The zero-order valence-electron chi connectivity index (χ0n) is 12.5. The van der Waals surface area contributed by atoms with E-state index >= 15 is 0 Å². The summed E-state index contributed by atoms with van der Waals surface area (Å²) < 4.78 is 2.23. The van der Waals surface area contributed by atoms with Gasteiger partial charge in [0.2, 0.25) is 0 Å². The van der Waals surface area contributed by atoms with Crippen molar-refractivity contribution in [3.63, 3.8) is 0 Å². The van der Waals surface area contributed by atoms with E-state index in [2.05, 4.69) is 15.5 Å². The van der Waals surface area contributed by atoms with Crippen molar-refractivity contribution in [1.82, 2.24) is 9.47 Å². The highest BCUT2D eigenvalue weighted by Crippen LogP contribution is 2.31. The van der Waals surface area contributed by atoms with Gasteiger partial charge in [0.25, 0.3) is 5.69 Å². The van der Waals surface area contributed by atoms with Crippen LogP contribution in [0.25, 0.3) is 21.8 Å². The van der Waals surface area contributed by atoms with Gasteiger partial charge in [-0.05, 0) is 26.2 Å². The van der Waals surface area contributed by atoms with Gasteiger partial charge in [0.1, 0.15) is 0 Å². The van der Waals surface area contributed by atoms with Gasteiger partial charge >= 0.3 is 0 Å². The number of nitrogens with zero attached hydrogens (tertiary/aromatic N) is 3. The Balaban J connectivity index is 0.00000176. The lowest BCUT2D eigenvalue weighted by molar-refractivity contribution is -0.384. The Morgan fingerprint density at radius 3 is 2.45 bits per heavy atom. The molecule has 0 bridgehead atoms. The minimum Gasteiger partial charge on any atom is -1.00 e. The summed E-state index contributed by atoms with van der Waals surface area (Å²) in [5.41, 5.74) is 2.30. The van der Waals surface area contributed by atoms with Crippen LogP contribution < -0.4 is 12.4 Å². The third kappa shape index (κ3) is 2.77. The fourth-order valence-electron chi connectivity index (χ4n) is 2.70. The highest BCUT2D eigenvalue weighted by molar-refractivity contribution is 6.08. The summed E-state index contributed by atoms with van der Waals surface area (Å²) in [5.74, 6) is 0. The van der Waals surface area contributed by atoms with Crippen molar-refractivity contribution >= 4 is 27.5 Å². The minimum atomic E-state index is -0.342. The van der Waals surface area contributed by atoms with E-state index in [4.69, 9.17) is 0 Å². The molecule has 0 saturated carbocycles. The van der Waals surface area contributed by atoms with Crippen molar-refractivity contribution in [3.8, 4) is 0 Å². The number of benzene rings is 2. The normalized spacial score (nSPS) is 11.0. The van der Waals surface area contributed by atoms with Gasteiger partial charge in [-0.15, -0.1) is 0 Å². The molecular weight excluding hydrogens is 302 g/mol. The highest BCUT2D eigenvalue weighted by Gasteiger charge is 2.14. The zero-order chi connectivity index (χ0) is 15.0. The molecule has 0 fully saturated rings. The van der Waals surface area contributed by atoms with Crippen LogP contribution in [-0.4, -0.2) is 35.0 Å². The Hall–Kier alpha value is -2.11. The van der Waals surface area contributed by atoms with Crippen LogP contribution >= 0.6 is 0 Å².